The van der Waals surface area contributed by atoms with Crippen molar-refractivity contribution in [2.24, 2.45) is 0 Å². The highest BCUT2D eigenvalue weighted by Gasteiger charge is 2.26. The van der Waals surface area contributed by atoms with Crippen molar-refractivity contribution < 1.29 is 4.79 Å². The van der Waals surface area contributed by atoms with Crippen LogP contribution in [0.5, 0.6) is 0 Å². The van der Waals surface area contributed by atoms with E-state index in [2.05, 4.69) is 0 Å². The summed E-state index contributed by atoms with van der Waals surface area (Å²) in [7, 11) is -1.15. The molecule has 0 spiro atoms. The number of hydrogen-bond donors (Lipinski definition) is 0. The highest BCUT2D eigenvalue weighted by Crippen LogP contribution is 2.37. The van der Waals surface area contributed by atoms with E-state index in [9.17, 15) is 4.79 Å². The number of halogens is 2. The quantitative estimate of drug-likeness (QED) is 0.624. The lowest BCUT2D eigenvalue weighted by molar-refractivity contribution is -0.109. The van der Waals surface area contributed by atoms with Gasteiger partial charge in [0.05, 0.1) is 0 Å². The molecule has 2 aromatic carbocycles. The van der Waals surface area contributed by atoms with Gasteiger partial charge in [-0.15, -0.1) is 0 Å². The van der Waals surface area contributed by atoms with Crippen LogP contribution in [0.3, 0.4) is 0 Å². The summed E-state index contributed by atoms with van der Waals surface area (Å²) in [6, 6.07) is 19.3. The molecule has 0 saturated heterocycles. The molecular weight excluding hydrogens is 286 g/mol. The molecule has 0 aromatic heterocycles. The summed E-state index contributed by atoms with van der Waals surface area (Å²) in [4.78, 5) is 11.2. The zero-order chi connectivity index (χ0) is 13.0. The Bertz CT molecular complexity index is 474. The van der Waals surface area contributed by atoms with E-state index in [4.69, 9.17) is 23.2 Å². The van der Waals surface area contributed by atoms with Gasteiger partial charge in [-0.05, 0) is 10.6 Å². The normalized spacial score (nSPS) is 10.9. The monoisotopic (exact) mass is 296 g/mol. The van der Waals surface area contributed by atoms with Crippen LogP contribution < -0.4 is 10.6 Å². The molecule has 4 heteroatoms. The molecule has 0 bridgehead atoms. The zero-order valence-corrected chi connectivity index (χ0v) is 11.9. The molecule has 0 saturated carbocycles. The van der Waals surface area contributed by atoms with Gasteiger partial charge in [0, 0.05) is 7.92 Å². The second-order valence-corrected chi connectivity index (χ2v) is 6.89. The second-order valence-electron chi connectivity index (χ2n) is 3.65. The maximum Gasteiger partial charge on any atom is 0.195 e. The van der Waals surface area contributed by atoms with Crippen LogP contribution in [0.2, 0.25) is 0 Å². The van der Waals surface area contributed by atoms with Gasteiger partial charge in [0.2, 0.25) is 0 Å². The third-order valence-corrected chi connectivity index (χ3v) is 5.46. The Hall–Kier alpha value is -0.880. The van der Waals surface area contributed by atoms with Gasteiger partial charge in [-0.3, -0.25) is 4.79 Å². The topological polar surface area (TPSA) is 17.1 Å². The summed E-state index contributed by atoms with van der Waals surface area (Å²) in [5, 5.41) is 1.94. The minimum atomic E-state index is -1.15. The number of alkyl halides is 2. The van der Waals surface area contributed by atoms with Crippen molar-refractivity contribution in [2.45, 2.75) is 4.84 Å². The van der Waals surface area contributed by atoms with Crippen molar-refractivity contribution >= 4 is 47.3 Å². The van der Waals surface area contributed by atoms with E-state index in [1.807, 2.05) is 60.7 Å². The molecule has 0 heterocycles. The van der Waals surface area contributed by atoms with E-state index in [1.54, 1.807) is 0 Å². The highest BCUT2D eigenvalue weighted by molar-refractivity contribution is 7.88. The molecular formula is C14H11Cl2OP. The molecule has 2 aromatic rings. The molecule has 0 radical (unpaired) electrons. The first kappa shape index (κ1) is 13.5. The minimum Gasteiger partial charge on any atom is -0.291 e. The van der Waals surface area contributed by atoms with Crippen LogP contribution in [-0.2, 0) is 4.79 Å². The van der Waals surface area contributed by atoms with E-state index in [-0.39, 0.29) is 5.52 Å². The van der Waals surface area contributed by atoms with Crippen LogP contribution in [0.4, 0.5) is 0 Å². The van der Waals surface area contributed by atoms with E-state index >= 15 is 0 Å². The Balaban J connectivity index is 2.45. The van der Waals surface area contributed by atoms with Gasteiger partial charge in [-0.25, -0.2) is 0 Å². The Morgan fingerprint density at radius 3 is 1.56 bits per heavy atom. The molecule has 1 nitrogen and oxygen atoms in total. The van der Waals surface area contributed by atoms with Crippen molar-refractivity contribution in [3.63, 3.8) is 0 Å². The maximum atomic E-state index is 12.2. The standard InChI is InChI=1S/C14H11Cl2OP/c15-13(16)14(17)18(11-7-3-1-4-8-11)12-9-5-2-6-10-12/h1-10,13H. The minimum absolute atomic E-state index is 0.134. The lowest BCUT2D eigenvalue weighted by Gasteiger charge is -2.17. The molecule has 18 heavy (non-hydrogen) atoms. The van der Waals surface area contributed by atoms with Crippen LogP contribution >= 0.6 is 31.1 Å². The van der Waals surface area contributed by atoms with Crippen molar-refractivity contribution in [1.29, 1.82) is 0 Å². The summed E-state index contributed by atoms with van der Waals surface area (Å²) >= 11 is 11.5. The van der Waals surface area contributed by atoms with E-state index in [0.717, 1.165) is 10.6 Å². The SMILES string of the molecule is O=C(C(Cl)Cl)P(c1ccccc1)c1ccccc1. The summed E-state index contributed by atoms with van der Waals surface area (Å²) in [5.74, 6) is 0. The van der Waals surface area contributed by atoms with Gasteiger partial charge in [0.15, 0.2) is 10.4 Å². The number of carbonyl (C=O) groups is 1. The number of rotatable bonds is 4. The van der Waals surface area contributed by atoms with Crippen molar-refractivity contribution in [3.8, 4) is 0 Å². The van der Waals surface area contributed by atoms with E-state index < -0.39 is 12.8 Å². The molecule has 0 aliphatic rings. The zero-order valence-electron chi connectivity index (χ0n) is 9.46. The molecule has 2 rings (SSSR count). The molecule has 0 atom stereocenters. The summed E-state index contributed by atoms with van der Waals surface area (Å²) in [6.07, 6.45) is 0. The number of carbonyl (C=O) groups excluding carboxylic acids is 1. The second kappa shape index (κ2) is 6.33. The van der Waals surface area contributed by atoms with Gasteiger partial charge < -0.3 is 0 Å². The summed E-state index contributed by atoms with van der Waals surface area (Å²) in [5.41, 5.74) is -0.134. The number of benzene rings is 2. The molecule has 0 aliphatic heterocycles. The van der Waals surface area contributed by atoms with Gasteiger partial charge >= 0.3 is 0 Å². The Kier molecular flexibility index (Phi) is 4.77. The average molecular weight is 297 g/mol. The third kappa shape index (κ3) is 3.11. The van der Waals surface area contributed by atoms with Gasteiger partial charge in [-0.2, -0.15) is 0 Å². The van der Waals surface area contributed by atoms with Gasteiger partial charge in [0.1, 0.15) is 0 Å². The fourth-order valence-corrected chi connectivity index (χ4v) is 4.18. The van der Waals surface area contributed by atoms with Crippen molar-refractivity contribution in [2.75, 3.05) is 0 Å². The summed E-state index contributed by atoms with van der Waals surface area (Å²) in [6.45, 7) is 0. The van der Waals surface area contributed by atoms with E-state index in [0.29, 0.717) is 0 Å². The molecule has 0 fully saturated rings. The van der Waals surface area contributed by atoms with Crippen molar-refractivity contribution in [1.82, 2.24) is 0 Å². The molecule has 0 N–H and O–H groups in total. The van der Waals surface area contributed by atoms with E-state index in [1.165, 1.54) is 0 Å². The number of hydrogen-bond acceptors (Lipinski definition) is 1. The first-order chi connectivity index (χ1) is 8.70. The predicted molar refractivity (Wildman–Crippen MR) is 79.6 cm³/mol. The van der Waals surface area contributed by atoms with Crippen LogP contribution in [0.15, 0.2) is 60.7 Å². The van der Waals surface area contributed by atoms with Crippen LogP contribution in [-0.4, -0.2) is 10.4 Å². The fourth-order valence-electron chi connectivity index (χ4n) is 1.66. The average Bonchev–Trinajstić information content (AvgIpc) is 2.41. The largest absolute Gasteiger partial charge is 0.291 e. The van der Waals surface area contributed by atoms with Crippen molar-refractivity contribution in [3.05, 3.63) is 60.7 Å². The Labute approximate surface area is 117 Å². The van der Waals surface area contributed by atoms with Crippen LogP contribution in [0.1, 0.15) is 0 Å². The van der Waals surface area contributed by atoms with Gasteiger partial charge in [-0.1, -0.05) is 83.9 Å². The predicted octanol–water partition coefficient (Wildman–Crippen LogP) is 3.45. The van der Waals surface area contributed by atoms with Crippen LogP contribution in [0, 0.1) is 0 Å². The van der Waals surface area contributed by atoms with Gasteiger partial charge in [0.25, 0.3) is 0 Å². The Morgan fingerprint density at radius 2 is 1.22 bits per heavy atom. The Morgan fingerprint density at radius 1 is 0.833 bits per heavy atom. The van der Waals surface area contributed by atoms with Crippen LogP contribution in [0.25, 0.3) is 0 Å². The fraction of sp³-hybridized carbons (Fsp3) is 0.0714. The molecule has 0 amide bonds. The smallest absolute Gasteiger partial charge is 0.195 e. The molecule has 0 aliphatic carbocycles. The highest BCUT2D eigenvalue weighted by atomic mass is 35.5. The third-order valence-electron chi connectivity index (χ3n) is 2.44. The first-order valence-corrected chi connectivity index (χ1v) is 7.64. The first-order valence-electron chi connectivity index (χ1n) is 5.42. The molecule has 92 valence electrons. The molecule has 0 unspecified atom stereocenters. The maximum absolute atomic E-state index is 12.2. The summed E-state index contributed by atoms with van der Waals surface area (Å²) < 4.78 is 0. The lowest BCUT2D eigenvalue weighted by Crippen LogP contribution is -2.21. The lowest BCUT2D eigenvalue weighted by atomic mass is 10.4.